The van der Waals surface area contributed by atoms with Crippen molar-refractivity contribution in [2.24, 2.45) is 11.7 Å². The molecule has 1 rings (SSSR count). The topological polar surface area (TPSA) is 60.2 Å². The molecule has 2 N–H and O–H groups in total. The van der Waals surface area contributed by atoms with Crippen LogP contribution in [0.15, 0.2) is 0 Å². The summed E-state index contributed by atoms with van der Waals surface area (Å²) < 4.78 is 22.0. The van der Waals surface area contributed by atoms with Crippen molar-refractivity contribution >= 4 is 9.84 Å². The highest BCUT2D eigenvalue weighted by molar-refractivity contribution is 7.90. The van der Waals surface area contributed by atoms with Crippen molar-refractivity contribution in [2.75, 3.05) is 12.0 Å². The van der Waals surface area contributed by atoms with Crippen LogP contribution in [-0.4, -0.2) is 26.5 Å². The van der Waals surface area contributed by atoms with E-state index in [0.717, 1.165) is 25.7 Å². The van der Waals surface area contributed by atoms with E-state index in [1.165, 1.54) is 25.5 Å². The Kier molecular flexibility index (Phi) is 5.06. The van der Waals surface area contributed by atoms with E-state index >= 15 is 0 Å². The van der Waals surface area contributed by atoms with E-state index in [0.29, 0.717) is 17.7 Å². The molecule has 2 atom stereocenters. The average Bonchev–Trinajstić information content (AvgIpc) is 2.27. The fourth-order valence-corrected chi connectivity index (χ4v) is 3.09. The quantitative estimate of drug-likeness (QED) is 0.752. The van der Waals surface area contributed by atoms with E-state index in [9.17, 15) is 8.42 Å². The second-order valence-corrected chi connectivity index (χ2v) is 7.18. The van der Waals surface area contributed by atoms with E-state index < -0.39 is 9.84 Å². The summed E-state index contributed by atoms with van der Waals surface area (Å²) in [5.74, 6) is 0.989. The van der Waals surface area contributed by atoms with Gasteiger partial charge in [-0.15, -0.1) is 0 Å². The minimum absolute atomic E-state index is 0.332. The van der Waals surface area contributed by atoms with Gasteiger partial charge in [0.25, 0.3) is 0 Å². The van der Waals surface area contributed by atoms with Gasteiger partial charge in [-0.1, -0.05) is 19.3 Å². The minimum atomic E-state index is -2.78. The Morgan fingerprint density at radius 3 is 2.60 bits per heavy atom. The SMILES string of the molecule is CS(=O)(=O)CCCC1CCCCC(N)C1. The predicted octanol–water partition coefficient (Wildman–Crippen LogP) is 1.72. The van der Waals surface area contributed by atoms with Crippen LogP contribution in [0.4, 0.5) is 0 Å². The zero-order valence-electron chi connectivity index (χ0n) is 9.61. The Morgan fingerprint density at radius 2 is 1.93 bits per heavy atom. The van der Waals surface area contributed by atoms with Gasteiger partial charge in [-0.25, -0.2) is 8.42 Å². The molecule has 2 unspecified atom stereocenters. The molecule has 1 aliphatic rings. The Balaban J connectivity index is 2.25. The number of hydrogen-bond acceptors (Lipinski definition) is 3. The smallest absolute Gasteiger partial charge is 0.147 e. The molecule has 1 saturated carbocycles. The molecule has 0 aromatic heterocycles. The minimum Gasteiger partial charge on any atom is -0.328 e. The number of nitrogens with two attached hydrogens (primary N) is 1. The highest BCUT2D eigenvalue weighted by atomic mass is 32.2. The third-order valence-electron chi connectivity index (χ3n) is 3.20. The second kappa shape index (κ2) is 5.85. The summed E-state index contributed by atoms with van der Waals surface area (Å²) in [7, 11) is -2.78. The van der Waals surface area contributed by atoms with Crippen molar-refractivity contribution in [3.63, 3.8) is 0 Å². The molecule has 1 aliphatic carbocycles. The maximum Gasteiger partial charge on any atom is 0.147 e. The molecule has 0 spiro atoms. The molecule has 3 nitrogen and oxygen atoms in total. The molecular formula is C11H23NO2S. The van der Waals surface area contributed by atoms with Gasteiger partial charge >= 0.3 is 0 Å². The molecule has 90 valence electrons. The van der Waals surface area contributed by atoms with Gasteiger partial charge in [0, 0.05) is 18.1 Å². The van der Waals surface area contributed by atoms with Crippen molar-refractivity contribution in [1.82, 2.24) is 0 Å². The first kappa shape index (κ1) is 13.0. The molecule has 0 bridgehead atoms. The van der Waals surface area contributed by atoms with Crippen LogP contribution < -0.4 is 5.73 Å². The van der Waals surface area contributed by atoms with Crippen molar-refractivity contribution < 1.29 is 8.42 Å². The first-order chi connectivity index (χ1) is 6.97. The summed E-state index contributed by atoms with van der Waals surface area (Å²) in [6.45, 7) is 0. The molecule has 0 radical (unpaired) electrons. The first-order valence-electron chi connectivity index (χ1n) is 5.90. The molecule has 4 heteroatoms. The number of rotatable bonds is 4. The van der Waals surface area contributed by atoms with Crippen LogP contribution in [0.5, 0.6) is 0 Å². The zero-order chi connectivity index (χ0) is 11.3. The van der Waals surface area contributed by atoms with E-state index in [1.807, 2.05) is 0 Å². The van der Waals surface area contributed by atoms with Crippen LogP contribution in [0.3, 0.4) is 0 Å². The summed E-state index contributed by atoms with van der Waals surface area (Å²) in [6.07, 6.45) is 9.10. The Bertz CT molecular complexity index is 274. The van der Waals surface area contributed by atoms with Gasteiger partial charge in [0.2, 0.25) is 0 Å². The maximum atomic E-state index is 11.0. The molecule has 0 heterocycles. The van der Waals surface area contributed by atoms with Gasteiger partial charge in [0.1, 0.15) is 9.84 Å². The van der Waals surface area contributed by atoms with Crippen LogP contribution in [0.2, 0.25) is 0 Å². The van der Waals surface area contributed by atoms with E-state index in [1.54, 1.807) is 0 Å². The summed E-state index contributed by atoms with van der Waals surface area (Å²) in [5.41, 5.74) is 5.96. The van der Waals surface area contributed by atoms with Crippen LogP contribution in [-0.2, 0) is 9.84 Å². The largest absolute Gasteiger partial charge is 0.328 e. The first-order valence-corrected chi connectivity index (χ1v) is 7.97. The monoisotopic (exact) mass is 233 g/mol. The fourth-order valence-electron chi connectivity index (χ4n) is 2.40. The van der Waals surface area contributed by atoms with Crippen LogP contribution in [0, 0.1) is 5.92 Å². The molecule has 0 aromatic rings. The van der Waals surface area contributed by atoms with Crippen molar-refractivity contribution in [2.45, 2.75) is 51.0 Å². The van der Waals surface area contributed by atoms with E-state index in [2.05, 4.69) is 0 Å². The van der Waals surface area contributed by atoms with Crippen LogP contribution >= 0.6 is 0 Å². The predicted molar refractivity (Wildman–Crippen MR) is 63.5 cm³/mol. The van der Waals surface area contributed by atoms with Gasteiger partial charge in [-0.05, 0) is 31.6 Å². The summed E-state index contributed by atoms with van der Waals surface area (Å²) >= 11 is 0. The van der Waals surface area contributed by atoms with Gasteiger partial charge in [0.15, 0.2) is 0 Å². The molecule has 0 aromatic carbocycles. The van der Waals surface area contributed by atoms with Gasteiger partial charge < -0.3 is 5.73 Å². The van der Waals surface area contributed by atoms with E-state index in [4.69, 9.17) is 5.73 Å². The van der Waals surface area contributed by atoms with Gasteiger partial charge in [-0.2, -0.15) is 0 Å². The molecule has 15 heavy (non-hydrogen) atoms. The maximum absolute atomic E-state index is 11.0. The zero-order valence-corrected chi connectivity index (χ0v) is 10.4. The molecule has 0 saturated heterocycles. The van der Waals surface area contributed by atoms with Crippen molar-refractivity contribution in [3.05, 3.63) is 0 Å². The molecule has 1 fully saturated rings. The van der Waals surface area contributed by atoms with Crippen molar-refractivity contribution in [3.8, 4) is 0 Å². The molecular weight excluding hydrogens is 210 g/mol. The summed E-state index contributed by atoms with van der Waals surface area (Å²) in [6, 6.07) is 0.343. The lowest BCUT2D eigenvalue weighted by molar-refractivity contribution is 0.402. The standard InChI is InChI=1S/C11H23NO2S/c1-15(13,14)8-4-6-10-5-2-3-7-11(12)9-10/h10-11H,2-9,12H2,1H3. The third-order valence-corrected chi connectivity index (χ3v) is 4.23. The summed E-state index contributed by atoms with van der Waals surface area (Å²) in [5, 5.41) is 0. The van der Waals surface area contributed by atoms with Crippen LogP contribution in [0.25, 0.3) is 0 Å². The Morgan fingerprint density at radius 1 is 1.27 bits per heavy atom. The number of hydrogen-bond donors (Lipinski definition) is 1. The van der Waals surface area contributed by atoms with Gasteiger partial charge in [-0.3, -0.25) is 0 Å². The number of sulfone groups is 1. The van der Waals surface area contributed by atoms with Crippen LogP contribution in [0.1, 0.15) is 44.9 Å². The van der Waals surface area contributed by atoms with Gasteiger partial charge in [0.05, 0.1) is 0 Å². The third kappa shape index (κ3) is 6.15. The normalized spacial score (nSPS) is 28.7. The highest BCUT2D eigenvalue weighted by Gasteiger charge is 2.17. The Labute approximate surface area is 93.3 Å². The summed E-state index contributed by atoms with van der Waals surface area (Å²) in [4.78, 5) is 0. The van der Waals surface area contributed by atoms with Crippen molar-refractivity contribution in [1.29, 1.82) is 0 Å². The second-order valence-electron chi connectivity index (χ2n) is 4.92. The lowest BCUT2D eigenvalue weighted by Crippen LogP contribution is -2.21. The lowest BCUT2D eigenvalue weighted by Gasteiger charge is -2.16. The molecule has 0 aliphatic heterocycles. The fraction of sp³-hybridized carbons (Fsp3) is 1.00. The average molecular weight is 233 g/mol. The van der Waals surface area contributed by atoms with E-state index in [-0.39, 0.29) is 0 Å². The Hall–Kier alpha value is -0.0900. The molecule has 0 amide bonds. The highest BCUT2D eigenvalue weighted by Crippen LogP contribution is 2.26. The lowest BCUT2D eigenvalue weighted by atomic mass is 9.94.